The van der Waals surface area contributed by atoms with Gasteiger partial charge in [-0.15, -0.1) is 24.0 Å². The number of hydrogen-bond acceptors (Lipinski definition) is 5. The highest BCUT2D eigenvalue weighted by molar-refractivity contribution is 14.0. The Kier molecular flexibility index (Phi) is 10.0. The lowest BCUT2D eigenvalue weighted by atomic mass is 9.97. The quantitative estimate of drug-likeness (QED) is 0.262. The second-order valence-corrected chi connectivity index (χ2v) is 7.66. The summed E-state index contributed by atoms with van der Waals surface area (Å²) in [5, 5.41) is 3.45. The van der Waals surface area contributed by atoms with Crippen LogP contribution in [0.5, 0.6) is 11.5 Å². The summed E-state index contributed by atoms with van der Waals surface area (Å²) in [5.41, 5.74) is 1.06. The van der Waals surface area contributed by atoms with Crippen LogP contribution in [0.3, 0.4) is 0 Å². The molecule has 1 aromatic rings. The molecule has 0 bridgehead atoms. The second kappa shape index (κ2) is 12.2. The molecule has 1 heterocycles. The zero-order valence-electron chi connectivity index (χ0n) is 18.2. The normalized spacial score (nSPS) is 18.0. The van der Waals surface area contributed by atoms with Gasteiger partial charge in [0.15, 0.2) is 17.5 Å². The Morgan fingerprint density at radius 2 is 1.87 bits per heavy atom. The first-order valence-electron chi connectivity index (χ1n) is 10.5. The third-order valence-electron chi connectivity index (χ3n) is 5.84. The number of guanidine groups is 1. The number of ether oxygens (including phenoxy) is 3. The van der Waals surface area contributed by atoms with Crippen LogP contribution < -0.4 is 14.8 Å². The molecule has 0 aromatic heterocycles. The fourth-order valence-electron chi connectivity index (χ4n) is 4.17. The predicted molar refractivity (Wildman–Crippen MR) is 128 cm³/mol. The summed E-state index contributed by atoms with van der Waals surface area (Å²) in [5.74, 6) is 2.30. The number of methoxy groups -OCH3 is 2. The number of halogens is 1. The maximum atomic E-state index is 11.8. The minimum Gasteiger partial charge on any atom is -0.493 e. The number of nitrogens with one attached hydrogen (secondary N) is 1. The fourth-order valence-corrected chi connectivity index (χ4v) is 4.17. The van der Waals surface area contributed by atoms with Crippen LogP contribution in [0.2, 0.25) is 0 Å². The number of nitrogens with zero attached hydrogens (tertiary/aromatic N) is 2. The number of esters is 1. The minimum absolute atomic E-state index is 0. The number of piperidine rings is 1. The lowest BCUT2D eigenvalue weighted by Crippen LogP contribution is -2.46. The van der Waals surface area contributed by atoms with Crippen molar-refractivity contribution < 1.29 is 19.0 Å². The van der Waals surface area contributed by atoms with Crippen LogP contribution in [0.1, 0.15) is 44.1 Å². The van der Waals surface area contributed by atoms with Crippen molar-refractivity contribution in [3.63, 3.8) is 0 Å². The summed E-state index contributed by atoms with van der Waals surface area (Å²) < 4.78 is 16.8. The maximum absolute atomic E-state index is 11.8. The van der Waals surface area contributed by atoms with Crippen LogP contribution in [0.15, 0.2) is 23.2 Å². The summed E-state index contributed by atoms with van der Waals surface area (Å²) in [7, 11) is 4.92. The van der Waals surface area contributed by atoms with E-state index in [1.165, 1.54) is 20.0 Å². The second-order valence-electron chi connectivity index (χ2n) is 7.66. The molecule has 0 radical (unpaired) electrons. The molecule has 3 rings (SSSR count). The molecular weight excluding hydrogens is 497 g/mol. The van der Waals surface area contributed by atoms with Crippen molar-refractivity contribution in [3.05, 3.63) is 23.8 Å². The highest BCUT2D eigenvalue weighted by atomic mass is 127. The Hall–Kier alpha value is -1.71. The third-order valence-corrected chi connectivity index (χ3v) is 5.84. The van der Waals surface area contributed by atoms with Crippen molar-refractivity contribution in [1.82, 2.24) is 10.2 Å². The topological polar surface area (TPSA) is 72.4 Å². The van der Waals surface area contributed by atoms with Gasteiger partial charge in [-0.1, -0.05) is 12.1 Å². The van der Waals surface area contributed by atoms with Gasteiger partial charge in [0.1, 0.15) is 0 Å². The Labute approximate surface area is 196 Å². The Bertz CT molecular complexity index is 714. The Balaban J connectivity index is 0.00000320. The molecule has 168 valence electrons. The summed E-state index contributed by atoms with van der Waals surface area (Å²) >= 11 is 0. The predicted octanol–water partition coefficient (Wildman–Crippen LogP) is 3.60. The van der Waals surface area contributed by atoms with Crippen LogP contribution in [-0.2, 0) is 16.1 Å². The van der Waals surface area contributed by atoms with Crippen LogP contribution in [0.4, 0.5) is 0 Å². The van der Waals surface area contributed by atoms with Gasteiger partial charge in [0.25, 0.3) is 0 Å². The van der Waals surface area contributed by atoms with Gasteiger partial charge in [0.05, 0.1) is 26.2 Å². The molecule has 30 heavy (non-hydrogen) atoms. The van der Waals surface area contributed by atoms with Gasteiger partial charge in [0, 0.05) is 32.2 Å². The molecule has 0 amide bonds. The highest BCUT2D eigenvalue weighted by Crippen LogP contribution is 2.34. The highest BCUT2D eigenvalue weighted by Gasteiger charge is 2.27. The minimum atomic E-state index is -0.113. The first-order chi connectivity index (χ1) is 14.2. The van der Waals surface area contributed by atoms with E-state index in [1.54, 1.807) is 14.2 Å². The zero-order valence-corrected chi connectivity index (χ0v) is 20.5. The first kappa shape index (κ1) is 24.6. The molecule has 1 N–H and O–H groups in total. The number of para-hydroxylation sites is 1. The molecule has 1 saturated heterocycles. The van der Waals surface area contributed by atoms with Gasteiger partial charge in [-0.2, -0.15) is 0 Å². The van der Waals surface area contributed by atoms with Crippen molar-refractivity contribution in [2.45, 2.75) is 51.2 Å². The average molecular weight is 531 g/mol. The standard InChI is InChI=1S/C22H33N3O4.HI/c1-23-22(25-13-11-16(12-14-25)21(26)28-3)24-15-17-7-6-10-19(27-2)20(17)29-18-8-4-5-9-18;/h6-7,10,16,18H,4-5,8-9,11-15H2,1-3H3,(H,23,24);1H. The molecule has 1 aromatic carbocycles. The van der Waals surface area contributed by atoms with Crippen molar-refractivity contribution in [3.8, 4) is 11.5 Å². The number of carbonyl (C=O) groups excluding carboxylic acids is 1. The molecular formula is C22H34IN3O4. The van der Waals surface area contributed by atoms with E-state index in [1.807, 2.05) is 12.1 Å². The average Bonchev–Trinajstić information content (AvgIpc) is 3.28. The Morgan fingerprint density at radius 1 is 1.17 bits per heavy atom. The van der Waals surface area contributed by atoms with Gasteiger partial charge < -0.3 is 24.4 Å². The number of aliphatic imine (C=N–C) groups is 1. The molecule has 1 aliphatic carbocycles. The summed E-state index contributed by atoms with van der Waals surface area (Å²) in [4.78, 5) is 18.4. The van der Waals surface area contributed by atoms with Crippen molar-refractivity contribution in [2.75, 3.05) is 34.4 Å². The third kappa shape index (κ3) is 6.15. The lowest BCUT2D eigenvalue weighted by molar-refractivity contribution is -0.146. The molecule has 8 heteroatoms. The van der Waals surface area contributed by atoms with E-state index >= 15 is 0 Å². The van der Waals surface area contributed by atoms with E-state index < -0.39 is 0 Å². The molecule has 1 aliphatic heterocycles. The first-order valence-corrected chi connectivity index (χ1v) is 10.5. The van der Waals surface area contributed by atoms with E-state index in [9.17, 15) is 4.79 Å². The molecule has 1 saturated carbocycles. The monoisotopic (exact) mass is 531 g/mol. The van der Waals surface area contributed by atoms with Crippen molar-refractivity contribution >= 4 is 35.9 Å². The van der Waals surface area contributed by atoms with Crippen LogP contribution in [-0.4, -0.2) is 57.3 Å². The lowest BCUT2D eigenvalue weighted by Gasteiger charge is -2.33. The van der Waals surface area contributed by atoms with Crippen LogP contribution >= 0.6 is 24.0 Å². The smallest absolute Gasteiger partial charge is 0.308 e. The van der Waals surface area contributed by atoms with Gasteiger partial charge in [-0.3, -0.25) is 9.79 Å². The molecule has 2 aliphatic rings. The molecule has 0 unspecified atom stereocenters. The van der Waals surface area contributed by atoms with E-state index in [4.69, 9.17) is 14.2 Å². The molecule has 0 spiro atoms. The van der Waals surface area contributed by atoms with Gasteiger partial charge in [-0.05, 0) is 44.6 Å². The number of likely N-dealkylation sites (tertiary alicyclic amines) is 1. The molecule has 0 atom stereocenters. The van der Waals surface area contributed by atoms with E-state index in [-0.39, 0.29) is 42.0 Å². The number of rotatable bonds is 6. The van der Waals surface area contributed by atoms with Gasteiger partial charge in [0.2, 0.25) is 0 Å². The van der Waals surface area contributed by atoms with Crippen LogP contribution in [0, 0.1) is 5.92 Å². The van der Waals surface area contributed by atoms with Crippen LogP contribution in [0.25, 0.3) is 0 Å². The van der Waals surface area contributed by atoms with Gasteiger partial charge >= 0.3 is 5.97 Å². The number of benzene rings is 1. The van der Waals surface area contributed by atoms with Gasteiger partial charge in [-0.25, -0.2) is 0 Å². The number of hydrogen-bond donors (Lipinski definition) is 1. The zero-order chi connectivity index (χ0) is 20.6. The maximum Gasteiger partial charge on any atom is 0.308 e. The van der Waals surface area contributed by atoms with E-state index in [2.05, 4.69) is 21.3 Å². The summed E-state index contributed by atoms with van der Waals surface area (Å²) in [6.45, 7) is 2.16. The van der Waals surface area contributed by atoms with Crippen molar-refractivity contribution in [2.24, 2.45) is 10.9 Å². The molecule has 7 nitrogen and oxygen atoms in total. The summed E-state index contributed by atoms with van der Waals surface area (Å²) in [6.07, 6.45) is 6.47. The number of carbonyl (C=O) groups is 1. The fraction of sp³-hybridized carbons (Fsp3) is 0.636. The largest absolute Gasteiger partial charge is 0.493 e. The van der Waals surface area contributed by atoms with E-state index in [0.29, 0.717) is 6.54 Å². The molecule has 2 fully saturated rings. The van der Waals surface area contributed by atoms with Crippen molar-refractivity contribution in [1.29, 1.82) is 0 Å². The Morgan fingerprint density at radius 3 is 2.47 bits per heavy atom. The van der Waals surface area contributed by atoms with E-state index in [0.717, 1.165) is 61.8 Å². The summed E-state index contributed by atoms with van der Waals surface area (Å²) in [6, 6.07) is 6.00. The SMILES string of the molecule is CN=C(NCc1cccc(OC)c1OC1CCCC1)N1CCC(C(=O)OC)CC1.I.